The maximum atomic E-state index is 12.0. The predicted molar refractivity (Wildman–Crippen MR) is 96.7 cm³/mol. The topological polar surface area (TPSA) is 68.0 Å². The van der Waals surface area contributed by atoms with Gasteiger partial charge in [0.05, 0.1) is 17.8 Å². The van der Waals surface area contributed by atoms with E-state index in [9.17, 15) is 4.79 Å². The first-order valence-corrected chi connectivity index (χ1v) is 8.91. The molecule has 0 saturated heterocycles. The van der Waals surface area contributed by atoms with Crippen molar-refractivity contribution in [1.82, 2.24) is 10.3 Å². The van der Waals surface area contributed by atoms with Gasteiger partial charge in [-0.05, 0) is 32.4 Å². The Bertz CT molecular complexity index is 669. The fraction of sp³-hybridized carbons (Fsp3) is 0.412. The van der Waals surface area contributed by atoms with Crippen LogP contribution in [-0.4, -0.2) is 16.9 Å². The molecular weight excluding hydrogens is 330 g/mol. The standard InChI is InChI=1S/C17H22ClN3OS/c1-4-5-14(19)16(22)20-10(2)17-21-15(11(3)23-17)12-6-8-13(18)9-7-12/h6-10,14H,4-5,19H2,1-3H3,(H,20,22). The number of benzene rings is 1. The van der Waals surface area contributed by atoms with Gasteiger partial charge in [0, 0.05) is 15.5 Å². The van der Waals surface area contributed by atoms with Gasteiger partial charge in [-0.25, -0.2) is 4.98 Å². The van der Waals surface area contributed by atoms with Crippen molar-refractivity contribution in [2.75, 3.05) is 0 Å². The third kappa shape index (κ3) is 4.53. The van der Waals surface area contributed by atoms with E-state index < -0.39 is 6.04 Å². The Kier molecular flexibility index (Phi) is 6.16. The maximum absolute atomic E-state index is 12.0. The van der Waals surface area contributed by atoms with Crippen molar-refractivity contribution < 1.29 is 4.79 Å². The third-order valence-electron chi connectivity index (χ3n) is 3.60. The quantitative estimate of drug-likeness (QED) is 0.824. The lowest BCUT2D eigenvalue weighted by Crippen LogP contribution is -2.41. The van der Waals surface area contributed by atoms with Gasteiger partial charge in [0.1, 0.15) is 5.01 Å². The molecule has 6 heteroatoms. The first kappa shape index (κ1) is 17.9. The summed E-state index contributed by atoms with van der Waals surface area (Å²) in [6.07, 6.45) is 1.57. The van der Waals surface area contributed by atoms with Crippen molar-refractivity contribution in [1.29, 1.82) is 0 Å². The summed E-state index contributed by atoms with van der Waals surface area (Å²) in [5.41, 5.74) is 7.81. The highest BCUT2D eigenvalue weighted by molar-refractivity contribution is 7.12. The van der Waals surface area contributed by atoms with Crippen LogP contribution in [-0.2, 0) is 4.79 Å². The number of aromatic nitrogens is 1. The molecule has 3 N–H and O–H groups in total. The second-order valence-electron chi connectivity index (χ2n) is 5.59. The van der Waals surface area contributed by atoms with E-state index in [1.54, 1.807) is 11.3 Å². The highest BCUT2D eigenvalue weighted by Crippen LogP contribution is 2.31. The summed E-state index contributed by atoms with van der Waals surface area (Å²) >= 11 is 7.52. The molecule has 0 aliphatic carbocycles. The molecule has 2 unspecified atom stereocenters. The summed E-state index contributed by atoms with van der Waals surface area (Å²) in [4.78, 5) is 17.8. The minimum atomic E-state index is -0.459. The summed E-state index contributed by atoms with van der Waals surface area (Å²) in [5.74, 6) is -0.125. The Labute approximate surface area is 146 Å². The van der Waals surface area contributed by atoms with Crippen molar-refractivity contribution in [2.24, 2.45) is 5.73 Å². The van der Waals surface area contributed by atoms with E-state index >= 15 is 0 Å². The van der Waals surface area contributed by atoms with E-state index in [0.29, 0.717) is 11.4 Å². The highest BCUT2D eigenvalue weighted by atomic mass is 35.5. The number of nitrogens with zero attached hydrogens (tertiary/aromatic N) is 1. The Hall–Kier alpha value is -1.43. The van der Waals surface area contributed by atoms with Crippen molar-refractivity contribution in [3.8, 4) is 11.3 Å². The number of carbonyl (C=O) groups is 1. The van der Waals surface area contributed by atoms with Gasteiger partial charge < -0.3 is 11.1 Å². The molecule has 0 spiro atoms. The van der Waals surface area contributed by atoms with Gasteiger partial charge in [0.2, 0.25) is 5.91 Å². The number of halogens is 1. The molecule has 2 aromatic rings. The molecular formula is C17H22ClN3OS. The highest BCUT2D eigenvalue weighted by Gasteiger charge is 2.19. The zero-order valence-electron chi connectivity index (χ0n) is 13.6. The summed E-state index contributed by atoms with van der Waals surface area (Å²) in [6.45, 7) is 5.97. The van der Waals surface area contributed by atoms with Crippen molar-refractivity contribution in [2.45, 2.75) is 45.7 Å². The van der Waals surface area contributed by atoms with Crippen molar-refractivity contribution in [3.05, 3.63) is 39.2 Å². The van der Waals surface area contributed by atoms with Crippen LogP contribution >= 0.6 is 22.9 Å². The molecule has 1 aromatic carbocycles. The van der Waals surface area contributed by atoms with Gasteiger partial charge in [0.25, 0.3) is 0 Å². The van der Waals surface area contributed by atoms with Crippen LogP contribution in [0, 0.1) is 6.92 Å². The zero-order chi connectivity index (χ0) is 17.0. The lowest BCUT2D eigenvalue weighted by Gasteiger charge is -2.15. The van der Waals surface area contributed by atoms with Gasteiger partial charge in [0.15, 0.2) is 0 Å². The van der Waals surface area contributed by atoms with Crippen molar-refractivity contribution >= 4 is 28.8 Å². The first-order valence-electron chi connectivity index (χ1n) is 7.71. The Balaban J connectivity index is 2.13. The summed E-state index contributed by atoms with van der Waals surface area (Å²) in [6, 6.07) is 6.99. The van der Waals surface area contributed by atoms with Crippen molar-refractivity contribution in [3.63, 3.8) is 0 Å². The van der Waals surface area contributed by atoms with Gasteiger partial charge in [-0.1, -0.05) is 37.1 Å². The van der Waals surface area contributed by atoms with E-state index in [1.165, 1.54) is 0 Å². The molecule has 1 aromatic heterocycles. The molecule has 1 amide bonds. The van der Waals surface area contributed by atoms with Crippen LogP contribution in [0.15, 0.2) is 24.3 Å². The summed E-state index contributed by atoms with van der Waals surface area (Å²) in [5, 5.41) is 4.53. The fourth-order valence-corrected chi connectivity index (χ4v) is 3.37. The zero-order valence-corrected chi connectivity index (χ0v) is 15.2. The van der Waals surface area contributed by atoms with Crippen LogP contribution in [0.4, 0.5) is 0 Å². The van der Waals surface area contributed by atoms with E-state index in [1.807, 2.05) is 45.0 Å². The maximum Gasteiger partial charge on any atom is 0.237 e. The first-order chi connectivity index (χ1) is 10.9. The fourth-order valence-electron chi connectivity index (χ4n) is 2.30. The molecule has 4 nitrogen and oxygen atoms in total. The van der Waals surface area contributed by atoms with E-state index in [4.69, 9.17) is 17.3 Å². The second kappa shape index (κ2) is 7.90. The molecule has 0 fully saturated rings. The van der Waals surface area contributed by atoms with Crippen LogP contribution in [0.1, 0.15) is 42.6 Å². The number of aryl methyl sites for hydroxylation is 1. The number of carbonyl (C=O) groups excluding carboxylic acids is 1. The lowest BCUT2D eigenvalue weighted by molar-refractivity contribution is -0.123. The number of nitrogens with one attached hydrogen (secondary N) is 1. The number of hydrogen-bond acceptors (Lipinski definition) is 4. The van der Waals surface area contributed by atoms with Crippen LogP contribution in [0.25, 0.3) is 11.3 Å². The largest absolute Gasteiger partial charge is 0.346 e. The molecule has 0 radical (unpaired) electrons. The number of rotatable bonds is 6. The molecule has 1 heterocycles. The van der Waals surface area contributed by atoms with E-state index in [0.717, 1.165) is 27.6 Å². The minimum absolute atomic E-state index is 0.125. The molecule has 2 rings (SSSR count). The molecule has 0 aliphatic heterocycles. The predicted octanol–water partition coefficient (Wildman–Crippen LogP) is 4.08. The third-order valence-corrected chi connectivity index (χ3v) is 5.00. The van der Waals surface area contributed by atoms with Gasteiger partial charge in [-0.2, -0.15) is 0 Å². The molecule has 124 valence electrons. The monoisotopic (exact) mass is 351 g/mol. The van der Waals surface area contributed by atoms with E-state index in [-0.39, 0.29) is 11.9 Å². The van der Waals surface area contributed by atoms with Crippen LogP contribution in [0.2, 0.25) is 5.02 Å². The molecule has 0 aliphatic rings. The molecule has 23 heavy (non-hydrogen) atoms. The number of nitrogens with two attached hydrogens (primary N) is 1. The number of hydrogen-bond donors (Lipinski definition) is 2. The summed E-state index contributed by atoms with van der Waals surface area (Å²) < 4.78 is 0. The van der Waals surface area contributed by atoms with Gasteiger partial charge >= 0.3 is 0 Å². The molecule has 0 bridgehead atoms. The Morgan fingerprint density at radius 3 is 2.65 bits per heavy atom. The number of amides is 1. The second-order valence-corrected chi connectivity index (χ2v) is 7.26. The summed E-state index contributed by atoms with van der Waals surface area (Å²) in [7, 11) is 0. The normalized spacial score (nSPS) is 13.6. The lowest BCUT2D eigenvalue weighted by atomic mass is 10.1. The minimum Gasteiger partial charge on any atom is -0.346 e. The average molecular weight is 352 g/mol. The van der Waals surface area contributed by atoms with Crippen LogP contribution in [0.5, 0.6) is 0 Å². The van der Waals surface area contributed by atoms with E-state index in [2.05, 4.69) is 10.3 Å². The average Bonchev–Trinajstić information content (AvgIpc) is 2.90. The van der Waals surface area contributed by atoms with Crippen LogP contribution < -0.4 is 11.1 Å². The van der Waals surface area contributed by atoms with Gasteiger partial charge in [-0.3, -0.25) is 4.79 Å². The Morgan fingerprint density at radius 2 is 2.04 bits per heavy atom. The number of thiazole rings is 1. The molecule has 0 saturated carbocycles. The smallest absolute Gasteiger partial charge is 0.237 e. The Morgan fingerprint density at radius 1 is 1.39 bits per heavy atom. The van der Waals surface area contributed by atoms with Crippen LogP contribution in [0.3, 0.4) is 0 Å². The molecule has 2 atom stereocenters. The SMILES string of the molecule is CCCC(N)C(=O)NC(C)c1nc(-c2ccc(Cl)cc2)c(C)s1. The van der Waals surface area contributed by atoms with Gasteiger partial charge in [-0.15, -0.1) is 11.3 Å².